The Bertz CT molecular complexity index is 1110. The van der Waals surface area contributed by atoms with Gasteiger partial charge in [-0.15, -0.1) is 0 Å². The van der Waals surface area contributed by atoms with Gasteiger partial charge in [-0.25, -0.2) is 10.3 Å². The van der Waals surface area contributed by atoms with Gasteiger partial charge in [-0.05, 0) is 29.1 Å². The summed E-state index contributed by atoms with van der Waals surface area (Å²) in [6, 6.07) is 17.8. The van der Waals surface area contributed by atoms with Crippen molar-refractivity contribution in [3.8, 4) is 11.5 Å². The molecule has 0 aliphatic carbocycles. The summed E-state index contributed by atoms with van der Waals surface area (Å²) in [6.45, 7) is 0. The standard InChI is InChI=1S/C23H22N2O6/c1-30-21-13-12-16(14-19(21)26)20(10-5-11-22(27)25-29)31-23(28)24-18-9-4-7-15-6-2-3-8-17(15)18/h2-9,11-14,20,26,29H,10H2,1H3,(H,24,28)(H,25,27)/b11-5+/t20-/m1/s1. The number of methoxy groups -OCH3 is 1. The van der Waals surface area contributed by atoms with E-state index in [0.717, 1.165) is 16.8 Å². The van der Waals surface area contributed by atoms with Gasteiger partial charge in [0, 0.05) is 17.9 Å². The third-order valence-corrected chi connectivity index (χ3v) is 4.58. The van der Waals surface area contributed by atoms with Gasteiger partial charge in [0.2, 0.25) is 0 Å². The molecule has 3 rings (SSSR count). The van der Waals surface area contributed by atoms with Gasteiger partial charge < -0.3 is 14.6 Å². The van der Waals surface area contributed by atoms with E-state index in [1.807, 2.05) is 36.4 Å². The first kappa shape index (κ1) is 21.7. The van der Waals surface area contributed by atoms with Gasteiger partial charge in [0.15, 0.2) is 11.5 Å². The quantitative estimate of drug-likeness (QED) is 0.256. The van der Waals surface area contributed by atoms with Gasteiger partial charge in [-0.3, -0.25) is 15.3 Å². The number of aromatic hydroxyl groups is 1. The van der Waals surface area contributed by atoms with Crippen LogP contribution in [0.2, 0.25) is 0 Å². The Morgan fingerprint density at radius 3 is 2.61 bits per heavy atom. The fourth-order valence-electron chi connectivity index (χ4n) is 3.10. The summed E-state index contributed by atoms with van der Waals surface area (Å²) in [7, 11) is 1.43. The molecular weight excluding hydrogens is 400 g/mol. The molecule has 3 aromatic carbocycles. The van der Waals surface area contributed by atoms with Gasteiger partial charge in [0.25, 0.3) is 5.91 Å². The van der Waals surface area contributed by atoms with Crippen LogP contribution >= 0.6 is 0 Å². The minimum Gasteiger partial charge on any atom is -0.504 e. The highest BCUT2D eigenvalue weighted by Gasteiger charge is 2.18. The van der Waals surface area contributed by atoms with Crippen molar-refractivity contribution in [1.82, 2.24) is 5.48 Å². The van der Waals surface area contributed by atoms with Crippen molar-refractivity contribution in [3.05, 3.63) is 78.4 Å². The zero-order valence-corrected chi connectivity index (χ0v) is 16.7. The Labute approximate surface area is 178 Å². The summed E-state index contributed by atoms with van der Waals surface area (Å²) in [6.07, 6.45) is 1.18. The maximum atomic E-state index is 12.6. The van der Waals surface area contributed by atoms with Crippen LogP contribution in [0.15, 0.2) is 72.8 Å². The fourth-order valence-corrected chi connectivity index (χ4v) is 3.10. The molecule has 0 saturated heterocycles. The molecule has 0 aromatic heterocycles. The first-order valence-corrected chi connectivity index (χ1v) is 9.44. The first-order valence-electron chi connectivity index (χ1n) is 9.44. The van der Waals surface area contributed by atoms with Gasteiger partial charge in [-0.1, -0.05) is 48.5 Å². The number of carbonyl (C=O) groups is 2. The Balaban J connectivity index is 1.81. The van der Waals surface area contributed by atoms with Crippen LogP contribution < -0.4 is 15.5 Å². The zero-order valence-electron chi connectivity index (χ0n) is 16.7. The molecule has 4 N–H and O–H groups in total. The van der Waals surface area contributed by atoms with E-state index in [-0.39, 0.29) is 17.9 Å². The van der Waals surface area contributed by atoms with Crippen molar-refractivity contribution in [2.24, 2.45) is 0 Å². The van der Waals surface area contributed by atoms with Crippen molar-refractivity contribution < 1.29 is 29.4 Å². The van der Waals surface area contributed by atoms with E-state index in [0.29, 0.717) is 11.3 Å². The number of hydrogen-bond acceptors (Lipinski definition) is 6. The van der Waals surface area contributed by atoms with Crippen LogP contribution in [0.5, 0.6) is 11.5 Å². The topological polar surface area (TPSA) is 117 Å². The molecule has 0 bridgehead atoms. The molecular formula is C23H22N2O6. The van der Waals surface area contributed by atoms with Crippen LogP contribution in [-0.2, 0) is 9.53 Å². The van der Waals surface area contributed by atoms with Crippen molar-refractivity contribution in [2.75, 3.05) is 12.4 Å². The Morgan fingerprint density at radius 2 is 1.87 bits per heavy atom. The summed E-state index contributed by atoms with van der Waals surface area (Å²) in [5.41, 5.74) is 2.58. The monoisotopic (exact) mass is 422 g/mol. The van der Waals surface area contributed by atoms with Gasteiger partial charge in [0.1, 0.15) is 6.10 Å². The number of nitrogens with one attached hydrogen (secondary N) is 2. The van der Waals surface area contributed by atoms with E-state index in [1.54, 1.807) is 18.2 Å². The summed E-state index contributed by atoms with van der Waals surface area (Å²) in [5.74, 6) is -0.547. The molecule has 0 spiro atoms. The predicted octanol–water partition coefficient (Wildman–Crippen LogP) is 4.30. The van der Waals surface area contributed by atoms with Crippen LogP contribution in [0.3, 0.4) is 0 Å². The average molecular weight is 422 g/mol. The molecule has 31 heavy (non-hydrogen) atoms. The lowest BCUT2D eigenvalue weighted by Gasteiger charge is -2.18. The minimum absolute atomic E-state index is 0.111. The Kier molecular flexibility index (Phi) is 7.08. The minimum atomic E-state index is -0.811. The summed E-state index contributed by atoms with van der Waals surface area (Å²) in [5, 5.41) is 23.3. The molecule has 8 nitrogen and oxygen atoms in total. The van der Waals surface area contributed by atoms with Gasteiger partial charge in [-0.2, -0.15) is 0 Å². The van der Waals surface area contributed by atoms with Gasteiger partial charge in [0.05, 0.1) is 12.8 Å². The molecule has 0 fully saturated rings. The molecule has 3 aromatic rings. The number of benzene rings is 3. The van der Waals surface area contributed by atoms with Crippen LogP contribution in [0, 0.1) is 0 Å². The third-order valence-electron chi connectivity index (χ3n) is 4.58. The van der Waals surface area contributed by atoms with Crippen molar-refractivity contribution in [1.29, 1.82) is 0 Å². The highest BCUT2D eigenvalue weighted by atomic mass is 16.6. The van der Waals surface area contributed by atoms with Crippen LogP contribution in [-0.4, -0.2) is 29.4 Å². The van der Waals surface area contributed by atoms with Crippen LogP contribution in [0.25, 0.3) is 10.8 Å². The third kappa shape index (κ3) is 5.52. The number of ether oxygens (including phenoxy) is 2. The van der Waals surface area contributed by atoms with Crippen molar-refractivity contribution >= 4 is 28.5 Å². The number of carbonyl (C=O) groups excluding carboxylic acids is 2. The van der Waals surface area contributed by atoms with Crippen LogP contribution in [0.4, 0.5) is 10.5 Å². The number of phenols is 1. The molecule has 0 radical (unpaired) electrons. The highest BCUT2D eigenvalue weighted by molar-refractivity contribution is 6.00. The smallest absolute Gasteiger partial charge is 0.412 e. The second-order valence-electron chi connectivity index (χ2n) is 6.59. The van der Waals surface area contributed by atoms with Crippen molar-refractivity contribution in [2.45, 2.75) is 12.5 Å². The first-order chi connectivity index (χ1) is 15.0. The summed E-state index contributed by atoms with van der Waals surface area (Å²) < 4.78 is 10.6. The second-order valence-corrected chi connectivity index (χ2v) is 6.59. The van der Waals surface area contributed by atoms with E-state index in [9.17, 15) is 14.7 Å². The number of fused-ring (bicyclic) bond motifs is 1. The van der Waals surface area contributed by atoms with Gasteiger partial charge >= 0.3 is 6.09 Å². The molecule has 2 amide bonds. The Morgan fingerprint density at radius 1 is 1.10 bits per heavy atom. The van der Waals surface area contributed by atoms with Crippen LogP contribution in [0.1, 0.15) is 18.1 Å². The molecule has 0 unspecified atom stereocenters. The van der Waals surface area contributed by atoms with E-state index in [2.05, 4.69) is 5.32 Å². The lowest BCUT2D eigenvalue weighted by atomic mass is 10.1. The summed E-state index contributed by atoms with van der Waals surface area (Å²) >= 11 is 0. The zero-order chi connectivity index (χ0) is 22.2. The lowest BCUT2D eigenvalue weighted by Crippen LogP contribution is -2.18. The van der Waals surface area contributed by atoms with E-state index in [1.165, 1.54) is 24.7 Å². The summed E-state index contributed by atoms with van der Waals surface area (Å²) in [4.78, 5) is 23.9. The maximum Gasteiger partial charge on any atom is 0.412 e. The van der Waals surface area contributed by atoms with E-state index < -0.39 is 18.1 Å². The lowest BCUT2D eigenvalue weighted by molar-refractivity contribution is -0.124. The molecule has 0 saturated carbocycles. The highest BCUT2D eigenvalue weighted by Crippen LogP contribution is 2.32. The fraction of sp³-hybridized carbons (Fsp3) is 0.130. The van der Waals surface area contributed by atoms with E-state index in [4.69, 9.17) is 14.7 Å². The molecule has 160 valence electrons. The second kappa shape index (κ2) is 10.1. The number of hydroxylamine groups is 1. The number of amides is 2. The number of rotatable bonds is 7. The largest absolute Gasteiger partial charge is 0.504 e. The molecule has 1 atom stereocenters. The Hall–Kier alpha value is -4.04. The average Bonchev–Trinajstić information content (AvgIpc) is 2.78. The maximum absolute atomic E-state index is 12.6. The number of hydrogen-bond donors (Lipinski definition) is 4. The number of anilines is 1. The predicted molar refractivity (Wildman–Crippen MR) is 115 cm³/mol. The normalized spacial score (nSPS) is 11.8. The SMILES string of the molecule is COc1ccc([C@@H](C/C=C/C(=O)NO)OC(=O)Nc2cccc3ccccc23)cc1O. The molecule has 0 aliphatic heterocycles. The molecule has 8 heteroatoms. The molecule has 0 aliphatic rings. The molecule has 0 heterocycles. The van der Waals surface area contributed by atoms with Crippen molar-refractivity contribution in [3.63, 3.8) is 0 Å². The van der Waals surface area contributed by atoms with E-state index >= 15 is 0 Å². The number of phenolic OH excluding ortho intramolecular Hbond substituents is 1.